The first-order valence-electron chi connectivity index (χ1n) is 13.7. The number of carbonyl (C=O) groups is 4. The molecule has 0 spiro atoms. The third kappa shape index (κ3) is 7.08. The molecular weight excluding hydrogens is 548 g/mol. The van der Waals surface area contributed by atoms with Gasteiger partial charge < -0.3 is 40.2 Å². The third-order valence-corrected chi connectivity index (χ3v) is 6.98. The molecule has 14 heteroatoms. The highest BCUT2D eigenvalue weighted by atomic mass is 16.6. The number of ether oxygens (including phenoxy) is 4. The van der Waals surface area contributed by atoms with Crippen molar-refractivity contribution < 1.29 is 38.1 Å². The van der Waals surface area contributed by atoms with E-state index in [0.717, 1.165) is 17.1 Å². The van der Waals surface area contributed by atoms with Gasteiger partial charge in [-0.2, -0.15) is 0 Å². The molecule has 5 rings (SSSR count). The number of nitrogens with zero attached hydrogens (tertiary/aromatic N) is 3. The van der Waals surface area contributed by atoms with Crippen LogP contribution in [0.2, 0.25) is 0 Å². The van der Waals surface area contributed by atoms with Crippen molar-refractivity contribution in [1.82, 2.24) is 5.32 Å². The molecule has 3 saturated heterocycles. The summed E-state index contributed by atoms with van der Waals surface area (Å²) in [5.74, 6) is -0.423. The topological polar surface area (TPSA) is 165 Å². The predicted octanol–water partition coefficient (Wildman–Crippen LogP) is 0.904. The second-order valence-corrected chi connectivity index (χ2v) is 9.91. The number of hydrogen-bond acceptors (Lipinski definition) is 10. The molecule has 2 aromatic carbocycles. The Hall–Kier alpha value is -4.40. The number of carbonyl (C=O) groups excluding carboxylic acids is 4. The molecule has 0 saturated carbocycles. The fourth-order valence-corrected chi connectivity index (χ4v) is 4.77. The van der Waals surface area contributed by atoms with Gasteiger partial charge in [0, 0.05) is 42.4 Å². The van der Waals surface area contributed by atoms with Crippen molar-refractivity contribution in [2.45, 2.75) is 12.2 Å². The number of rotatable bonds is 12. The standard InChI is InChI=1S/C28H34N6O8/c29-13-23-15-33(27(37)41-23)21-3-1-19(2-4-21)30-9-11-39-17-25(35)31-14-24-16-34(28(38)42-24)22-7-5-20(6-8-22)32-10-12-40-18-26(32)36/h1-8,23-24,30H,9-18,29H2,(H,31,35)/t23-,24-/m0/s1. The number of amides is 4. The van der Waals surface area contributed by atoms with Gasteiger partial charge in [-0.25, -0.2) is 9.59 Å². The lowest BCUT2D eigenvalue weighted by atomic mass is 10.2. The highest BCUT2D eigenvalue weighted by Crippen LogP contribution is 2.26. The van der Waals surface area contributed by atoms with E-state index in [0.29, 0.717) is 38.5 Å². The van der Waals surface area contributed by atoms with Gasteiger partial charge in [-0.1, -0.05) is 0 Å². The summed E-state index contributed by atoms with van der Waals surface area (Å²) in [6.07, 6.45) is -1.71. The Morgan fingerprint density at radius 1 is 0.881 bits per heavy atom. The van der Waals surface area contributed by atoms with Crippen LogP contribution in [0.25, 0.3) is 0 Å². The minimum atomic E-state index is -0.504. The third-order valence-electron chi connectivity index (χ3n) is 6.98. The maximum absolute atomic E-state index is 12.4. The van der Waals surface area contributed by atoms with E-state index in [2.05, 4.69) is 10.6 Å². The largest absolute Gasteiger partial charge is 0.443 e. The lowest BCUT2D eigenvalue weighted by Gasteiger charge is -2.27. The molecule has 0 aliphatic carbocycles. The van der Waals surface area contributed by atoms with Crippen LogP contribution in [0.5, 0.6) is 0 Å². The molecule has 3 fully saturated rings. The van der Waals surface area contributed by atoms with Crippen molar-refractivity contribution in [3.8, 4) is 0 Å². The first kappa shape index (κ1) is 29.1. The van der Waals surface area contributed by atoms with Gasteiger partial charge in [-0.05, 0) is 48.5 Å². The summed E-state index contributed by atoms with van der Waals surface area (Å²) in [4.78, 5) is 53.3. The molecule has 0 unspecified atom stereocenters. The van der Waals surface area contributed by atoms with Crippen LogP contribution in [0.4, 0.5) is 32.3 Å². The van der Waals surface area contributed by atoms with Crippen LogP contribution < -0.4 is 31.1 Å². The van der Waals surface area contributed by atoms with Crippen molar-refractivity contribution in [3.63, 3.8) is 0 Å². The summed E-state index contributed by atoms with van der Waals surface area (Å²) >= 11 is 0. The molecule has 224 valence electrons. The summed E-state index contributed by atoms with van der Waals surface area (Å²) in [7, 11) is 0. The molecule has 4 N–H and O–H groups in total. The average molecular weight is 583 g/mol. The monoisotopic (exact) mass is 582 g/mol. The SMILES string of the molecule is NC[C@H]1CN(c2ccc(NCCOCC(=O)NC[C@H]3CN(c4ccc(N5CCOCC5=O)cc4)C(=O)O3)cc2)C(=O)O1. The Morgan fingerprint density at radius 3 is 2.10 bits per heavy atom. The maximum Gasteiger partial charge on any atom is 0.414 e. The van der Waals surface area contributed by atoms with Gasteiger partial charge in [0.15, 0.2) is 0 Å². The zero-order valence-electron chi connectivity index (χ0n) is 23.0. The quantitative estimate of drug-likeness (QED) is 0.306. The lowest BCUT2D eigenvalue weighted by Crippen LogP contribution is -2.41. The predicted molar refractivity (Wildman–Crippen MR) is 153 cm³/mol. The number of anilines is 4. The molecule has 3 aliphatic heterocycles. The van der Waals surface area contributed by atoms with Crippen LogP contribution >= 0.6 is 0 Å². The molecule has 0 aromatic heterocycles. The normalized spacial score (nSPS) is 20.5. The van der Waals surface area contributed by atoms with E-state index in [1.54, 1.807) is 34.1 Å². The molecule has 42 heavy (non-hydrogen) atoms. The average Bonchev–Trinajstić information content (AvgIpc) is 3.58. The van der Waals surface area contributed by atoms with Gasteiger partial charge >= 0.3 is 12.2 Å². The van der Waals surface area contributed by atoms with Gasteiger partial charge in [-0.3, -0.25) is 19.4 Å². The van der Waals surface area contributed by atoms with E-state index < -0.39 is 18.3 Å². The van der Waals surface area contributed by atoms with Crippen LogP contribution in [0.1, 0.15) is 0 Å². The zero-order valence-corrected chi connectivity index (χ0v) is 23.0. The molecular formula is C28H34N6O8. The Kier molecular flexibility index (Phi) is 9.36. The zero-order chi connectivity index (χ0) is 29.5. The van der Waals surface area contributed by atoms with Crippen LogP contribution in [0, 0.1) is 0 Å². The van der Waals surface area contributed by atoms with Gasteiger partial charge in [0.25, 0.3) is 5.91 Å². The number of morpholine rings is 1. The summed E-state index contributed by atoms with van der Waals surface area (Å²) in [5.41, 5.74) is 8.52. The van der Waals surface area contributed by atoms with Crippen LogP contribution in [-0.4, -0.2) is 102 Å². The Labute approximate surface area is 242 Å². The Balaban J connectivity index is 0.972. The van der Waals surface area contributed by atoms with Gasteiger partial charge in [-0.15, -0.1) is 0 Å². The Bertz CT molecular complexity index is 1270. The second kappa shape index (κ2) is 13.5. The summed E-state index contributed by atoms with van der Waals surface area (Å²) < 4.78 is 21.2. The molecule has 2 atom stereocenters. The van der Waals surface area contributed by atoms with E-state index >= 15 is 0 Å². The molecule has 14 nitrogen and oxygen atoms in total. The van der Waals surface area contributed by atoms with E-state index in [1.165, 1.54) is 4.90 Å². The van der Waals surface area contributed by atoms with Crippen LogP contribution in [-0.2, 0) is 28.5 Å². The number of hydrogen-bond donors (Lipinski definition) is 3. The lowest BCUT2D eigenvalue weighted by molar-refractivity contribution is -0.126. The summed E-state index contributed by atoms with van der Waals surface area (Å²) in [6, 6.07) is 14.4. The number of nitrogens with one attached hydrogen (secondary N) is 2. The van der Waals surface area contributed by atoms with E-state index in [1.807, 2.05) is 24.3 Å². The highest BCUT2D eigenvalue weighted by molar-refractivity contribution is 5.96. The van der Waals surface area contributed by atoms with Crippen molar-refractivity contribution in [2.24, 2.45) is 5.73 Å². The number of cyclic esters (lactones) is 2. The number of nitrogens with two attached hydrogens (primary N) is 1. The molecule has 3 heterocycles. The highest BCUT2D eigenvalue weighted by Gasteiger charge is 2.33. The van der Waals surface area contributed by atoms with Gasteiger partial charge in [0.2, 0.25) is 5.91 Å². The fraction of sp³-hybridized carbons (Fsp3) is 0.429. The van der Waals surface area contributed by atoms with E-state index in [4.69, 9.17) is 24.7 Å². The van der Waals surface area contributed by atoms with Gasteiger partial charge in [0.05, 0.1) is 32.8 Å². The van der Waals surface area contributed by atoms with Crippen molar-refractivity contribution in [3.05, 3.63) is 48.5 Å². The minimum absolute atomic E-state index is 0.0569. The molecule has 4 amide bonds. The smallest absolute Gasteiger partial charge is 0.414 e. The summed E-state index contributed by atoms with van der Waals surface area (Å²) in [5, 5.41) is 5.93. The van der Waals surface area contributed by atoms with Crippen molar-refractivity contribution >= 4 is 46.8 Å². The fourth-order valence-electron chi connectivity index (χ4n) is 4.77. The van der Waals surface area contributed by atoms with Crippen LogP contribution in [0.3, 0.4) is 0 Å². The van der Waals surface area contributed by atoms with Crippen LogP contribution in [0.15, 0.2) is 48.5 Å². The Morgan fingerprint density at radius 2 is 1.48 bits per heavy atom. The molecule has 0 radical (unpaired) electrons. The summed E-state index contributed by atoms with van der Waals surface area (Å²) in [6.45, 7) is 2.80. The molecule has 0 bridgehead atoms. The first-order valence-corrected chi connectivity index (χ1v) is 13.7. The van der Waals surface area contributed by atoms with Crippen molar-refractivity contribution in [1.29, 1.82) is 0 Å². The number of benzene rings is 2. The van der Waals surface area contributed by atoms with Gasteiger partial charge in [0.1, 0.15) is 25.4 Å². The molecule has 3 aliphatic rings. The first-order chi connectivity index (χ1) is 20.4. The second-order valence-electron chi connectivity index (χ2n) is 9.91. The minimum Gasteiger partial charge on any atom is -0.443 e. The molecule has 2 aromatic rings. The maximum atomic E-state index is 12.4. The van der Waals surface area contributed by atoms with Crippen molar-refractivity contribution in [2.75, 3.05) is 85.7 Å². The van der Waals surface area contributed by atoms with E-state index in [9.17, 15) is 19.2 Å². The van der Waals surface area contributed by atoms with E-state index in [-0.39, 0.29) is 50.8 Å².